The van der Waals surface area contributed by atoms with E-state index in [1.165, 1.54) is 6.07 Å². The molecule has 0 saturated heterocycles. The van der Waals surface area contributed by atoms with Crippen LogP contribution in [0.25, 0.3) is 0 Å². The topological polar surface area (TPSA) is 49.3 Å². The van der Waals surface area contributed by atoms with Gasteiger partial charge in [0.05, 0.1) is 5.69 Å². The van der Waals surface area contributed by atoms with Crippen LogP contribution >= 0.6 is 11.6 Å². The van der Waals surface area contributed by atoms with Gasteiger partial charge in [0, 0.05) is 10.6 Å². The van der Waals surface area contributed by atoms with E-state index in [-0.39, 0.29) is 11.3 Å². The average Bonchev–Trinajstić information content (AvgIpc) is 2.51. The summed E-state index contributed by atoms with van der Waals surface area (Å²) in [4.78, 5) is 11.6. The highest BCUT2D eigenvalue weighted by atomic mass is 35.5. The summed E-state index contributed by atoms with van der Waals surface area (Å²) in [5.74, 6) is -1.61. The third kappa shape index (κ3) is 3.39. The summed E-state index contributed by atoms with van der Waals surface area (Å²) in [5, 5.41) is 12.5. The van der Waals surface area contributed by atoms with Crippen molar-refractivity contribution in [2.45, 2.75) is 26.3 Å². The summed E-state index contributed by atoms with van der Waals surface area (Å²) in [6.45, 7) is 3.54. The maximum Gasteiger partial charge on any atom is 0.330 e. The van der Waals surface area contributed by atoms with E-state index in [2.05, 4.69) is 5.32 Å². The first-order valence-corrected chi connectivity index (χ1v) is 7.34. The molecule has 0 aliphatic heterocycles. The third-order valence-electron chi connectivity index (χ3n) is 3.56. The number of benzene rings is 2. The molecule has 0 aliphatic rings. The molecule has 116 valence electrons. The van der Waals surface area contributed by atoms with Crippen molar-refractivity contribution in [3.63, 3.8) is 0 Å². The van der Waals surface area contributed by atoms with Crippen molar-refractivity contribution in [2.24, 2.45) is 0 Å². The lowest BCUT2D eigenvalue weighted by Crippen LogP contribution is -2.21. The molecule has 1 unspecified atom stereocenters. The molecule has 1 atom stereocenters. The standard InChI is InChI=1S/C17H17ClFNO2/c1-3-11-5-4-6-12(9-11)16(17(21)22)20-14-8-7-13(18)10(2)15(14)19/h4-9,16,20H,3H2,1-2H3,(H,21,22). The van der Waals surface area contributed by atoms with Gasteiger partial charge in [-0.2, -0.15) is 0 Å². The van der Waals surface area contributed by atoms with E-state index in [9.17, 15) is 14.3 Å². The quantitative estimate of drug-likeness (QED) is 0.847. The van der Waals surface area contributed by atoms with Crippen molar-refractivity contribution >= 4 is 23.3 Å². The molecule has 2 N–H and O–H groups in total. The Labute approximate surface area is 133 Å². The number of nitrogens with one attached hydrogen (secondary N) is 1. The van der Waals surface area contributed by atoms with Crippen molar-refractivity contribution in [1.82, 2.24) is 0 Å². The maximum atomic E-state index is 14.2. The Balaban J connectivity index is 2.38. The zero-order chi connectivity index (χ0) is 16.3. The summed E-state index contributed by atoms with van der Waals surface area (Å²) in [6, 6.07) is 9.22. The Morgan fingerprint density at radius 3 is 2.73 bits per heavy atom. The second kappa shape index (κ2) is 6.79. The van der Waals surface area contributed by atoms with Gasteiger partial charge in [-0.15, -0.1) is 0 Å². The molecule has 2 aromatic carbocycles. The second-order valence-corrected chi connectivity index (χ2v) is 5.46. The fraction of sp³-hybridized carbons (Fsp3) is 0.235. The van der Waals surface area contributed by atoms with E-state index in [0.717, 1.165) is 12.0 Å². The van der Waals surface area contributed by atoms with Crippen LogP contribution in [-0.4, -0.2) is 11.1 Å². The van der Waals surface area contributed by atoms with Gasteiger partial charge in [-0.05, 0) is 36.6 Å². The number of hydrogen-bond donors (Lipinski definition) is 2. The lowest BCUT2D eigenvalue weighted by atomic mass is 10.0. The monoisotopic (exact) mass is 321 g/mol. The molecule has 0 aliphatic carbocycles. The molecule has 5 heteroatoms. The SMILES string of the molecule is CCc1cccc(C(Nc2ccc(Cl)c(C)c2F)C(=O)O)c1. The van der Waals surface area contributed by atoms with E-state index in [0.29, 0.717) is 10.6 Å². The van der Waals surface area contributed by atoms with Crippen molar-refractivity contribution in [3.05, 3.63) is 63.9 Å². The van der Waals surface area contributed by atoms with Crippen LogP contribution in [-0.2, 0) is 11.2 Å². The van der Waals surface area contributed by atoms with Crippen molar-refractivity contribution in [3.8, 4) is 0 Å². The summed E-state index contributed by atoms with van der Waals surface area (Å²) in [7, 11) is 0. The molecule has 0 saturated carbocycles. The minimum Gasteiger partial charge on any atom is -0.479 e. The van der Waals surface area contributed by atoms with E-state index >= 15 is 0 Å². The lowest BCUT2D eigenvalue weighted by molar-refractivity contribution is -0.138. The van der Waals surface area contributed by atoms with Crippen LogP contribution in [0.15, 0.2) is 36.4 Å². The number of carbonyl (C=O) groups is 1. The minimum atomic E-state index is -1.07. The molecule has 0 fully saturated rings. The number of carboxylic acid groups (broad SMARTS) is 1. The Morgan fingerprint density at radius 1 is 1.36 bits per heavy atom. The van der Waals surface area contributed by atoms with Gasteiger partial charge < -0.3 is 10.4 Å². The summed E-state index contributed by atoms with van der Waals surface area (Å²) in [5.41, 5.74) is 2.02. The Morgan fingerprint density at radius 2 is 2.09 bits per heavy atom. The predicted octanol–water partition coefficient (Wildman–Crippen LogP) is 4.59. The van der Waals surface area contributed by atoms with Crippen LogP contribution in [0.3, 0.4) is 0 Å². The molecule has 0 radical (unpaired) electrons. The van der Waals surface area contributed by atoms with E-state index < -0.39 is 17.8 Å². The first-order valence-electron chi connectivity index (χ1n) is 6.96. The van der Waals surface area contributed by atoms with Gasteiger partial charge in [-0.25, -0.2) is 9.18 Å². The lowest BCUT2D eigenvalue weighted by Gasteiger charge is -2.18. The van der Waals surface area contributed by atoms with E-state index in [1.54, 1.807) is 25.1 Å². The highest BCUT2D eigenvalue weighted by Gasteiger charge is 2.22. The number of rotatable bonds is 5. The van der Waals surface area contributed by atoms with Crippen molar-refractivity contribution < 1.29 is 14.3 Å². The van der Waals surface area contributed by atoms with Gasteiger partial charge in [0.15, 0.2) is 11.9 Å². The van der Waals surface area contributed by atoms with Crippen LogP contribution in [0, 0.1) is 12.7 Å². The third-order valence-corrected chi connectivity index (χ3v) is 3.97. The van der Waals surface area contributed by atoms with Crippen LogP contribution < -0.4 is 5.32 Å². The zero-order valence-corrected chi connectivity index (χ0v) is 13.1. The number of aliphatic carboxylic acids is 1. The van der Waals surface area contributed by atoms with Crippen LogP contribution in [0.4, 0.5) is 10.1 Å². The first-order chi connectivity index (χ1) is 10.4. The molecule has 0 aromatic heterocycles. The minimum absolute atomic E-state index is 0.121. The molecule has 22 heavy (non-hydrogen) atoms. The highest BCUT2D eigenvalue weighted by Crippen LogP contribution is 2.28. The van der Waals surface area contributed by atoms with Crippen molar-refractivity contribution in [2.75, 3.05) is 5.32 Å². The number of carboxylic acids is 1. The molecule has 0 bridgehead atoms. The first kappa shape index (κ1) is 16.3. The van der Waals surface area contributed by atoms with E-state index in [1.807, 2.05) is 19.1 Å². The second-order valence-electron chi connectivity index (χ2n) is 5.05. The summed E-state index contributed by atoms with van der Waals surface area (Å²) >= 11 is 5.86. The fourth-order valence-corrected chi connectivity index (χ4v) is 2.35. The molecule has 0 amide bonds. The smallest absolute Gasteiger partial charge is 0.330 e. The highest BCUT2D eigenvalue weighted by molar-refractivity contribution is 6.31. The van der Waals surface area contributed by atoms with Crippen LogP contribution in [0.5, 0.6) is 0 Å². The van der Waals surface area contributed by atoms with Crippen LogP contribution in [0.2, 0.25) is 5.02 Å². The van der Waals surface area contributed by atoms with E-state index in [4.69, 9.17) is 11.6 Å². The molecule has 2 aromatic rings. The summed E-state index contributed by atoms with van der Waals surface area (Å²) < 4.78 is 14.2. The van der Waals surface area contributed by atoms with Gasteiger partial charge in [0.2, 0.25) is 0 Å². The van der Waals surface area contributed by atoms with Gasteiger partial charge in [-0.1, -0.05) is 42.8 Å². The molecular formula is C17H17ClFNO2. The fourth-order valence-electron chi connectivity index (χ4n) is 2.21. The number of anilines is 1. The van der Waals surface area contributed by atoms with Crippen molar-refractivity contribution in [1.29, 1.82) is 0 Å². The molecule has 0 spiro atoms. The number of aryl methyl sites for hydroxylation is 1. The molecule has 0 heterocycles. The Kier molecular flexibility index (Phi) is 5.03. The molecular weight excluding hydrogens is 305 g/mol. The predicted molar refractivity (Wildman–Crippen MR) is 86.0 cm³/mol. The Hall–Kier alpha value is -2.07. The normalized spacial score (nSPS) is 12.0. The largest absolute Gasteiger partial charge is 0.479 e. The van der Waals surface area contributed by atoms with Crippen LogP contribution in [0.1, 0.15) is 29.7 Å². The average molecular weight is 322 g/mol. The van der Waals surface area contributed by atoms with Gasteiger partial charge in [0.25, 0.3) is 0 Å². The number of hydrogen-bond acceptors (Lipinski definition) is 2. The zero-order valence-electron chi connectivity index (χ0n) is 12.4. The molecule has 3 nitrogen and oxygen atoms in total. The van der Waals surface area contributed by atoms with Gasteiger partial charge in [-0.3, -0.25) is 0 Å². The Bertz CT molecular complexity index is 703. The van der Waals surface area contributed by atoms with Gasteiger partial charge >= 0.3 is 5.97 Å². The van der Waals surface area contributed by atoms with Gasteiger partial charge in [0.1, 0.15) is 0 Å². The number of halogens is 2. The molecule has 2 rings (SSSR count). The summed E-state index contributed by atoms with van der Waals surface area (Å²) in [6.07, 6.45) is 0.800. The maximum absolute atomic E-state index is 14.2.